The van der Waals surface area contributed by atoms with Crippen LogP contribution in [0.15, 0.2) is 80.3 Å². The van der Waals surface area contributed by atoms with Gasteiger partial charge in [-0.3, -0.25) is 4.79 Å². The topological polar surface area (TPSA) is 94.4 Å². The number of carbonyl (C=O) groups is 2. The van der Waals surface area contributed by atoms with Gasteiger partial charge in [-0.15, -0.1) is 0 Å². The molecule has 0 unspecified atom stereocenters. The van der Waals surface area contributed by atoms with Crippen LogP contribution in [0, 0.1) is 6.92 Å². The van der Waals surface area contributed by atoms with Gasteiger partial charge in [-0.05, 0) is 89.8 Å². The SMILES string of the molecule is CCOC(=O)C1=C(O)/C(=C/c2cc(Br)c(OCc3ccc(Cl)c(Cl)c3)c(OCC)c2)SC1=NC(=O)c1ccccc1C. The van der Waals surface area contributed by atoms with Crippen LogP contribution in [0.3, 0.4) is 0 Å². The third-order valence-electron chi connectivity index (χ3n) is 5.95. The van der Waals surface area contributed by atoms with E-state index in [9.17, 15) is 14.7 Å². The van der Waals surface area contributed by atoms with Gasteiger partial charge in [0.2, 0.25) is 0 Å². The average molecular weight is 691 g/mol. The molecule has 1 aliphatic heterocycles. The maximum Gasteiger partial charge on any atom is 0.344 e. The maximum absolute atomic E-state index is 13.0. The van der Waals surface area contributed by atoms with Gasteiger partial charge in [0.1, 0.15) is 23.0 Å². The number of nitrogens with zero attached hydrogens (tertiary/aromatic N) is 1. The lowest BCUT2D eigenvalue weighted by Gasteiger charge is -2.15. The molecule has 218 valence electrons. The Kier molecular flexibility index (Phi) is 10.8. The molecule has 4 rings (SSSR count). The second kappa shape index (κ2) is 14.3. The first kappa shape index (κ1) is 31.7. The summed E-state index contributed by atoms with van der Waals surface area (Å²) in [5.74, 6) is -0.703. The highest BCUT2D eigenvalue weighted by Crippen LogP contribution is 2.42. The van der Waals surface area contributed by atoms with E-state index in [-0.39, 0.29) is 29.6 Å². The highest BCUT2D eigenvalue weighted by Gasteiger charge is 2.34. The molecule has 0 radical (unpaired) electrons. The fraction of sp³-hybridized carbons (Fsp3) is 0.194. The number of amides is 1. The van der Waals surface area contributed by atoms with Gasteiger partial charge in [-0.25, -0.2) is 9.79 Å². The summed E-state index contributed by atoms with van der Waals surface area (Å²) in [4.78, 5) is 30.3. The quantitative estimate of drug-likeness (QED) is 0.224. The lowest BCUT2D eigenvalue weighted by Crippen LogP contribution is -2.14. The standard InChI is InChI=1S/C31H26BrCl2NO6S/c1-4-39-24-14-19(12-21(32)28(24)41-16-18-10-11-22(33)23(34)13-18)15-25-27(36)26(31(38)40-5-2)30(42-25)35-29(37)20-9-7-6-8-17(20)3/h6-15,36H,4-5,16H2,1-3H3/b25-15-,35-30?. The molecule has 0 fully saturated rings. The highest BCUT2D eigenvalue weighted by molar-refractivity contribution is 9.10. The van der Waals surface area contributed by atoms with E-state index in [1.54, 1.807) is 62.4 Å². The molecule has 42 heavy (non-hydrogen) atoms. The zero-order valence-corrected chi connectivity index (χ0v) is 26.8. The predicted octanol–water partition coefficient (Wildman–Crippen LogP) is 8.74. The van der Waals surface area contributed by atoms with Gasteiger partial charge in [0.05, 0.1) is 32.6 Å². The van der Waals surface area contributed by atoms with Crippen LogP contribution in [0.25, 0.3) is 6.08 Å². The number of hydrogen-bond acceptors (Lipinski definition) is 7. The van der Waals surface area contributed by atoms with Crippen molar-refractivity contribution in [3.05, 3.63) is 108 Å². The van der Waals surface area contributed by atoms with Gasteiger partial charge in [0, 0.05) is 5.56 Å². The molecule has 1 aliphatic rings. The molecule has 0 spiro atoms. The molecule has 7 nitrogen and oxygen atoms in total. The number of thioether (sulfide) groups is 1. The van der Waals surface area contributed by atoms with Crippen molar-refractivity contribution in [3.63, 3.8) is 0 Å². The minimum absolute atomic E-state index is 0.0520. The number of rotatable bonds is 9. The van der Waals surface area contributed by atoms with Gasteiger partial charge in [0.25, 0.3) is 5.91 Å². The first-order chi connectivity index (χ1) is 20.1. The monoisotopic (exact) mass is 689 g/mol. The van der Waals surface area contributed by atoms with E-state index in [4.69, 9.17) is 37.4 Å². The number of carbonyl (C=O) groups excluding carboxylic acids is 2. The first-order valence-electron chi connectivity index (χ1n) is 12.8. The summed E-state index contributed by atoms with van der Waals surface area (Å²) in [5, 5.41) is 12.0. The minimum Gasteiger partial charge on any atom is -0.506 e. The van der Waals surface area contributed by atoms with Crippen molar-refractivity contribution in [1.82, 2.24) is 0 Å². The van der Waals surface area contributed by atoms with E-state index in [1.807, 2.05) is 19.1 Å². The Labute approximate surface area is 266 Å². The Morgan fingerprint density at radius 2 is 1.79 bits per heavy atom. The van der Waals surface area contributed by atoms with Gasteiger partial charge in [0.15, 0.2) is 11.5 Å². The van der Waals surface area contributed by atoms with Crippen LogP contribution in [-0.2, 0) is 16.1 Å². The highest BCUT2D eigenvalue weighted by atomic mass is 79.9. The average Bonchev–Trinajstić information content (AvgIpc) is 3.24. The molecule has 11 heteroatoms. The molecule has 1 amide bonds. The van der Waals surface area contributed by atoms with E-state index < -0.39 is 11.9 Å². The number of esters is 1. The van der Waals surface area contributed by atoms with Crippen LogP contribution in [0.4, 0.5) is 0 Å². The van der Waals surface area contributed by atoms with E-state index in [1.165, 1.54) is 0 Å². The fourth-order valence-corrected chi connectivity index (χ4v) is 5.88. The number of aliphatic hydroxyl groups excluding tert-OH is 1. The third-order valence-corrected chi connectivity index (χ3v) is 8.29. The van der Waals surface area contributed by atoms with E-state index in [0.717, 1.165) is 22.9 Å². The molecular weight excluding hydrogens is 665 g/mol. The summed E-state index contributed by atoms with van der Waals surface area (Å²) in [7, 11) is 0. The zero-order chi connectivity index (χ0) is 30.4. The molecule has 0 saturated heterocycles. The molecule has 0 saturated carbocycles. The van der Waals surface area contributed by atoms with Crippen molar-refractivity contribution in [3.8, 4) is 11.5 Å². The first-order valence-corrected chi connectivity index (χ1v) is 15.2. The van der Waals surface area contributed by atoms with Gasteiger partial charge in [-0.2, -0.15) is 0 Å². The van der Waals surface area contributed by atoms with E-state index in [2.05, 4.69) is 20.9 Å². The van der Waals surface area contributed by atoms with Crippen molar-refractivity contribution in [2.24, 2.45) is 4.99 Å². The molecule has 0 bridgehead atoms. The lowest BCUT2D eigenvalue weighted by molar-refractivity contribution is -0.138. The number of aryl methyl sites for hydroxylation is 1. The Hall–Kier alpha value is -3.24. The summed E-state index contributed by atoms with van der Waals surface area (Å²) < 4.78 is 17.7. The number of ether oxygens (including phenoxy) is 3. The van der Waals surface area contributed by atoms with Gasteiger partial charge in [-0.1, -0.05) is 59.2 Å². The number of aliphatic hydroxyl groups is 1. The molecule has 1 N–H and O–H groups in total. The maximum atomic E-state index is 13.0. The van der Waals surface area contributed by atoms with Crippen molar-refractivity contribution in [2.45, 2.75) is 27.4 Å². The second-order valence-electron chi connectivity index (χ2n) is 8.89. The smallest absolute Gasteiger partial charge is 0.344 e. The largest absolute Gasteiger partial charge is 0.506 e. The summed E-state index contributed by atoms with van der Waals surface area (Å²) in [5.41, 5.74) is 2.43. The van der Waals surface area contributed by atoms with Crippen molar-refractivity contribution >= 4 is 73.9 Å². The number of aliphatic imine (C=N–C) groups is 1. The fourth-order valence-electron chi connectivity index (χ4n) is 3.97. The van der Waals surface area contributed by atoms with Crippen LogP contribution >= 0.6 is 50.9 Å². The zero-order valence-electron chi connectivity index (χ0n) is 22.9. The van der Waals surface area contributed by atoms with Crippen LogP contribution in [0.1, 0.15) is 40.9 Å². The Balaban J connectivity index is 1.68. The normalized spacial score (nSPS) is 14.9. The predicted molar refractivity (Wildman–Crippen MR) is 171 cm³/mol. The number of halogens is 3. The number of benzene rings is 3. The van der Waals surface area contributed by atoms with E-state index >= 15 is 0 Å². The van der Waals surface area contributed by atoms with Crippen LogP contribution in [-0.4, -0.2) is 35.2 Å². The van der Waals surface area contributed by atoms with Crippen molar-refractivity contribution in [1.29, 1.82) is 0 Å². The summed E-state index contributed by atoms with van der Waals surface area (Å²) in [6.45, 7) is 5.98. The summed E-state index contributed by atoms with van der Waals surface area (Å²) in [6, 6.07) is 15.8. The summed E-state index contributed by atoms with van der Waals surface area (Å²) >= 11 is 16.7. The Bertz CT molecular complexity index is 1640. The third kappa shape index (κ3) is 7.39. The molecule has 0 aliphatic carbocycles. The van der Waals surface area contributed by atoms with Crippen molar-refractivity contribution < 1.29 is 28.9 Å². The van der Waals surface area contributed by atoms with Gasteiger partial charge < -0.3 is 19.3 Å². The molecule has 1 heterocycles. The van der Waals surface area contributed by atoms with Crippen LogP contribution in [0.5, 0.6) is 11.5 Å². The Morgan fingerprint density at radius 3 is 2.48 bits per heavy atom. The van der Waals surface area contributed by atoms with E-state index in [0.29, 0.717) is 48.7 Å². The molecule has 0 atom stereocenters. The Morgan fingerprint density at radius 1 is 1.02 bits per heavy atom. The lowest BCUT2D eigenvalue weighted by atomic mass is 10.1. The minimum atomic E-state index is -0.774. The van der Waals surface area contributed by atoms with Gasteiger partial charge >= 0.3 is 5.97 Å². The van der Waals surface area contributed by atoms with Crippen LogP contribution < -0.4 is 9.47 Å². The van der Waals surface area contributed by atoms with Crippen LogP contribution in [0.2, 0.25) is 10.0 Å². The summed E-state index contributed by atoms with van der Waals surface area (Å²) in [6.07, 6.45) is 1.66. The second-order valence-corrected chi connectivity index (χ2v) is 11.6. The van der Waals surface area contributed by atoms with Crippen molar-refractivity contribution in [2.75, 3.05) is 13.2 Å². The molecule has 3 aromatic carbocycles. The molecule has 3 aromatic rings. The molecular formula is C31H26BrCl2NO6S. The molecule has 0 aromatic heterocycles. The number of hydrogen-bond donors (Lipinski definition) is 1.